The van der Waals surface area contributed by atoms with Gasteiger partial charge in [-0.2, -0.15) is 0 Å². The predicted octanol–water partition coefficient (Wildman–Crippen LogP) is 2.95. The zero-order valence-electron chi connectivity index (χ0n) is 16.5. The van der Waals surface area contributed by atoms with Gasteiger partial charge in [0.15, 0.2) is 23.1 Å². The van der Waals surface area contributed by atoms with Crippen molar-refractivity contribution in [2.24, 2.45) is 10.7 Å². The van der Waals surface area contributed by atoms with Crippen molar-refractivity contribution < 1.29 is 23.0 Å². The Morgan fingerprint density at radius 1 is 1.13 bits per heavy atom. The van der Waals surface area contributed by atoms with Crippen LogP contribution in [-0.2, 0) is 15.1 Å². The highest BCUT2D eigenvalue weighted by Crippen LogP contribution is 2.51. The van der Waals surface area contributed by atoms with Crippen LogP contribution in [0.3, 0.4) is 0 Å². The van der Waals surface area contributed by atoms with Crippen molar-refractivity contribution in [1.29, 1.82) is 0 Å². The summed E-state index contributed by atoms with van der Waals surface area (Å²) in [4.78, 5) is 19.3. The molecule has 1 fully saturated rings. The van der Waals surface area contributed by atoms with Gasteiger partial charge in [0.2, 0.25) is 0 Å². The van der Waals surface area contributed by atoms with Crippen molar-refractivity contribution in [3.63, 3.8) is 0 Å². The molecule has 2 atom stereocenters. The molecule has 1 amide bonds. The number of fused-ring (bicyclic) bond motifs is 2. The number of amides is 1. The largest absolute Gasteiger partial charge is 0.484 e. The third-order valence-electron chi connectivity index (χ3n) is 6.18. The normalized spacial score (nSPS) is 27.9. The molecule has 0 aromatic heterocycles. The average Bonchev–Trinajstić information content (AvgIpc) is 2.94. The van der Waals surface area contributed by atoms with Gasteiger partial charge in [-0.15, -0.1) is 0 Å². The van der Waals surface area contributed by atoms with Crippen LogP contribution in [-0.4, -0.2) is 42.6 Å². The summed E-state index contributed by atoms with van der Waals surface area (Å²) in [7, 11) is 1.59. The quantitative estimate of drug-likeness (QED) is 0.780. The van der Waals surface area contributed by atoms with Crippen molar-refractivity contribution in [1.82, 2.24) is 4.90 Å². The van der Waals surface area contributed by atoms with E-state index in [4.69, 9.17) is 15.2 Å². The van der Waals surface area contributed by atoms with Gasteiger partial charge < -0.3 is 15.2 Å². The Bertz CT molecular complexity index is 1080. The second-order valence-corrected chi connectivity index (χ2v) is 8.15. The molecule has 1 saturated heterocycles. The fourth-order valence-corrected chi connectivity index (χ4v) is 4.67. The predicted molar refractivity (Wildman–Crippen MR) is 106 cm³/mol. The number of aliphatic imine (C=N–C) groups is 1. The summed E-state index contributed by atoms with van der Waals surface area (Å²) in [5.74, 6) is -1.43. The third-order valence-corrected chi connectivity index (χ3v) is 6.18. The highest BCUT2D eigenvalue weighted by atomic mass is 19.2. The van der Waals surface area contributed by atoms with E-state index in [9.17, 15) is 13.6 Å². The van der Waals surface area contributed by atoms with Crippen molar-refractivity contribution in [2.75, 3.05) is 20.3 Å². The zero-order chi connectivity index (χ0) is 21.1. The number of carbonyl (C=O) groups is 1. The lowest BCUT2D eigenvalue weighted by Gasteiger charge is -2.46. The molecule has 2 aromatic carbocycles. The molecular weight excluding hydrogens is 392 g/mol. The van der Waals surface area contributed by atoms with Gasteiger partial charge in [0.1, 0.15) is 11.4 Å². The van der Waals surface area contributed by atoms with E-state index in [-0.39, 0.29) is 11.9 Å². The Morgan fingerprint density at radius 2 is 1.90 bits per heavy atom. The second-order valence-electron chi connectivity index (χ2n) is 8.15. The lowest BCUT2D eigenvalue weighted by molar-refractivity contribution is -0.139. The molecule has 5 rings (SSSR count). The SMILES string of the molecule is CN1C(=O)C2(CC3(CCCOC3)Oc3ccc(-c4ccc(F)c(F)c4)cc32)N=C1N. The number of carbonyl (C=O) groups excluding carboxylic acids is 1. The highest BCUT2D eigenvalue weighted by molar-refractivity contribution is 6.07. The number of hydrogen-bond donors (Lipinski definition) is 1. The summed E-state index contributed by atoms with van der Waals surface area (Å²) >= 11 is 0. The molecular formula is C22H21F2N3O3. The molecule has 30 heavy (non-hydrogen) atoms. The molecule has 3 aliphatic rings. The maximum Gasteiger partial charge on any atom is 0.261 e. The molecule has 2 unspecified atom stereocenters. The van der Waals surface area contributed by atoms with Gasteiger partial charge in [-0.3, -0.25) is 9.69 Å². The third kappa shape index (κ3) is 2.70. The first-order chi connectivity index (χ1) is 14.3. The summed E-state index contributed by atoms with van der Waals surface area (Å²) < 4.78 is 39.2. The molecule has 3 aliphatic heterocycles. The molecule has 2 spiro atoms. The number of rotatable bonds is 1. The average molecular weight is 413 g/mol. The minimum absolute atomic E-state index is 0.137. The number of nitrogens with two attached hydrogens (primary N) is 1. The van der Waals surface area contributed by atoms with Crippen LogP contribution >= 0.6 is 0 Å². The maximum atomic E-state index is 13.8. The van der Waals surface area contributed by atoms with Crippen LogP contribution in [0.2, 0.25) is 0 Å². The van der Waals surface area contributed by atoms with Crippen LogP contribution in [0.25, 0.3) is 11.1 Å². The van der Waals surface area contributed by atoms with Gasteiger partial charge in [0, 0.05) is 25.6 Å². The molecule has 0 radical (unpaired) electrons. The summed E-state index contributed by atoms with van der Waals surface area (Å²) in [6.07, 6.45) is 1.87. The Labute approximate surface area is 172 Å². The van der Waals surface area contributed by atoms with E-state index in [1.165, 1.54) is 11.0 Å². The van der Waals surface area contributed by atoms with Crippen LogP contribution in [0, 0.1) is 11.6 Å². The number of ether oxygens (including phenoxy) is 2. The van der Waals surface area contributed by atoms with E-state index in [0.717, 1.165) is 25.0 Å². The van der Waals surface area contributed by atoms with E-state index >= 15 is 0 Å². The number of halogens is 2. The summed E-state index contributed by atoms with van der Waals surface area (Å²) in [5.41, 5.74) is 5.81. The number of hydrogen-bond acceptors (Lipinski definition) is 5. The molecule has 0 aliphatic carbocycles. The Hall–Kier alpha value is -3.00. The minimum atomic E-state index is -1.23. The topological polar surface area (TPSA) is 77.2 Å². The molecule has 8 heteroatoms. The molecule has 2 N–H and O–H groups in total. The number of benzene rings is 2. The van der Waals surface area contributed by atoms with Gasteiger partial charge in [-0.05, 0) is 48.2 Å². The van der Waals surface area contributed by atoms with Crippen LogP contribution in [0.5, 0.6) is 5.75 Å². The van der Waals surface area contributed by atoms with Crippen molar-refractivity contribution >= 4 is 11.9 Å². The van der Waals surface area contributed by atoms with Gasteiger partial charge >= 0.3 is 0 Å². The fraction of sp³-hybridized carbons (Fsp3) is 0.364. The van der Waals surface area contributed by atoms with Crippen molar-refractivity contribution in [3.05, 3.63) is 53.6 Å². The Kier molecular flexibility index (Phi) is 4.12. The summed E-state index contributed by atoms with van der Waals surface area (Å²) in [6, 6.07) is 8.97. The molecule has 156 valence electrons. The van der Waals surface area contributed by atoms with E-state index in [2.05, 4.69) is 4.99 Å². The first-order valence-electron chi connectivity index (χ1n) is 9.84. The van der Waals surface area contributed by atoms with E-state index < -0.39 is 22.8 Å². The molecule has 6 nitrogen and oxygen atoms in total. The summed E-state index contributed by atoms with van der Waals surface area (Å²) in [5, 5.41) is 0. The first-order valence-corrected chi connectivity index (χ1v) is 9.84. The second kappa shape index (κ2) is 6.50. The Balaban J connectivity index is 1.68. The lowest BCUT2D eigenvalue weighted by atomic mass is 9.74. The first kappa shape index (κ1) is 19.0. The molecule has 3 heterocycles. The smallest absolute Gasteiger partial charge is 0.261 e. The molecule has 0 saturated carbocycles. The van der Waals surface area contributed by atoms with Crippen LogP contribution in [0.4, 0.5) is 8.78 Å². The molecule has 2 aromatic rings. The Morgan fingerprint density at radius 3 is 2.57 bits per heavy atom. The van der Waals surface area contributed by atoms with Gasteiger partial charge in [0.25, 0.3) is 5.91 Å². The minimum Gasteiger partial charge on any atom is -0.484 e. The number of likely N-dealkylation sites (N-methyl/N-ethyl adjacent to an activating group) is 1. The van der Waals surface area contributed by atoms with Gasteiger partial charge in [-0.25, -0.2) is 13.8 Å². The number of nitrogens with zero attached hydrogens (tertiary/aromatic N) is 2. The highest BCUT2D eigenvalue weighted by Gasteiger charge is 2.58. The number of guanidine groups is 1. The van der Waals surface area contributed by atoms with Crippen LogP contribution in [0.1, 0.15) is 24.8 Å². The molecule has 0 bridgehead atoms. The van der Waals surface area contributed by atoms with Gasteiger partial charge in [-0.1, -0.05) is 12.1 Å². The van der Waals surface area contributed by atoms with Crippen LogP contribution in [0.15, 0.2) is 41.4 Å². The van der Waals surface area contributed by atoms with Gasteiger partial charge in [0.05, 0.1) is 6.61 Å². The zero-order valence-corrected chi connectivity index (χ0v) is 16.5. The monoisotopic (exact) mass is 413 g/mol. The van der Waals surface area contributed by atoms with E-state index in [0.29, 0.717) is 42.1 Å². The maximum absolute atomic E-state index is 13.8. The van der Waals surface area contributed by atoms with E-state index in [1.54, 1.807) is 25.2 Å². The van der Waals surface area contributed by atoms with E-state index in [1.807, 2.05) is 0 Å². The standard InChI is InChI=1S/C22H21F2N3O3/c1-27-19(28)22(26-20(27)25)11-21(7-2-8-29-12-21)30-18-6-4-13(9-15(18)22)14-3-5-16(23)17(24)10-14/h3-6,9-10H,2,7-8,11-12H2,1H3,(H2,25,26). The van der Waals surface area contributed by atoms with Crippen molar-refractivity contribution in [3.8, 4) is 16.9 Å². The fourth-order valence-electron chi connectivity index (χ4n) is 4.67. The van der Waals surface area contributed by atoms with Crippen molar-refractivity contribution in [2.45, 2.75) is 30.4 Å². The van der Waals surface area contributed by atoms with Crippen LogP contribution < -0.4 is 10.5 Å². The summed E-state index contributed by atoms with van der Waals surface area (Å²) in [6.45, 7) is 1.02. The lowest BCUT2D eigenvalue weighted by Crippen LogP contribution is -2.55.